The second kappa shape index (κ2) is 9.87. The lowest BCUT2D eigenvalue weighted by molar-refractivity contribution is -0.144. The van der Waals surface area contributed by atoms with Crippen LogP contribution in [-0.4, -0.2) is 36.9 Å². The largest absolute Gasteiger partial charge is 0.466 e. The third-order valence-corrected chi connectivity index (χ3v) is 4.40. The quantitative estimate of drug-likeness (QED) is 0.694. The summed E-state index contributed by atoms with van der Waals surface area (Å²) in [4.78, 5) is 23.6. The number of alkyl carbamates (subject to hydrolysis) is 1. The molecule has 0 aromatic rings. The van der Waals surface area contributed by atoms with Gasteiger partial charge < -0.3 is 20.5 Å². The fourth-order valence-electron chi connectivity index (χ4n) is 3.31. The zero-order chi connectivity index (χ0) is 18.2. The van der Waals surface area contributed by atoms with Crippen LogP contribution in [0.3, 0.4) is 0 Å². The summed E-state index contributed by atoms with van der Waals surface area (Å²) in [5, 5.41) is 2.99. The topological polar surface area (TPSA) is 90.6 Å². The number of carbonyl (C=O) groups is 2. The molecule has 140 valence electrons. The molecule has 0 spiro atoms. The number of hydrogen-bond acceptors (Lipinski definition) is 5. The van der Waals surface area contributed by atoms with Crippen molar-refractivity contribution >= 4 is 12.1 Å². The van der Waals surface area contributed by atoms with Crippen LogP contribution >= 0.6 is 0 Å². The van der Waals surface area contributed by atoms with E-state index in [1.54, 1.807) is 0 Å². The molecule has 24 heavy (non-hydrogen) atoms. The lowest BCUT2D eigenvalue weighted by Crippen LogP contribution is -2.45. The van der Waals surface area contributed by atoms with Gasteiger partial charge in [0.25, 0.3) is 0 Å². The van der Waals surface area contributed by atoms with Crippen molar-refractivity contribution in [3.63, 3.8) is 0 Å². The van der Waals surface area contributed by atoms with Crippen LogP contribution in [-0.2, 0) is 14.3 Å². The molecule has 1 fully saturated rings. The van der Waals surface area contributed by atoms with Gasteiger partial charge in [0.1, 0.15) is 5.60 Å². The van der Waals surface area contributed by atoms with Crippen molar-refractivity contribution in [3.05, 3.63) is 0 Å². The number of nitrogens with two attached hydrogens (primary N) is 1. The van der Waals surface area contributed by atoms with Crippen LogP contribution < -0.4 is 11.1 Å². The third-order valence-electron chi connectivity index (χ3n) is 4.40. The highest BCUT2D eigenvalue weighted by Crippen LogP contribution is 2.33. The van der Waals surface area contributed by atoms with Crippen LogP contribution in [0.25, 0.3) is 0 Å². The maximum atomic E-state index is 12.0. The maximum absolute atomic E-state index is 12.0. The first-order valence-corrected chi connectivity index (χ1v) is 9.10. The molecule has 1 aliphatic carbocycles. The van der Waals surface area contributed by atoms with Crippen LogP contribution in [0.4, 0.5) is 4.79 Å². The number of rotatable bonds is 7. The summed E-state index contributed by atoms with van der Waals surface area (Å²) < 4.78 is 10.4. The van der Waals surface area contributed by atoms with Gasteiger partial charge in [0.2, 0.25) is 0 Å². The van der Waals surface area contributed by atoms with Crippen LogP contribution in [0, 0.1) is 11.8 Å². The summed E-state index contributed by atoms with van der Waals surface area (Å²) in [5.74, 6) is 0.672. The van der Waals surface area contributed by atoms with Gasteiger partial charge in [-0.1, -0.05) is 0 Å². The molecular weight excluding hydrogens is 308 g/mol. The van der Waals surface area contributed by atoms with E-state index in [9.17, 15) is 9.59 Å². The van der Waals surface area contributed by atoms with Gasteiger partial charge in [-0.3, -0.25) is 4.79 Å². The Kier molecular flexibility index (Phi) is 8.53. The molecule has 3 N–H and O–H groups in total. The average molecular weight is 342 g/mol. The molecule has 1 rings (SSSR count). The highest BCUT2D eigenvalue weighted by atomic mass is 16.6. The van der Waals surface area contributed by atoms with E-state index in [1.165, 1.54) is 0 Å². The number of ether oxygens (including phenoxy) is 2. The van der Waals surface area contributed by atoms with Crippen LogP contribution in [0.5, 0.6) is 0 Å². The molecular formula is C18H34N2O4. The van der Waals surface area contributed by atoms with E-state index < -0.39 is 5.60 Å². The van der Waals surface area contributed by atoms with Gasteiger partial charge in [0.15, 0.2) is 0 Å². The Morgan fingerprint density at radius 3 is 2.33 bits per heavy atom. The van der Waals surface area contributed by atoms with E-state index in [-0.39, 0.29) is 18.1 Å². The molecule has 1 atom stereocenters. The number of carbonyl (C=O) groups excluding carboxylic acids is 2. The number of hydrogen-bond donors (Lipinski definition) is 2. The highest BCUT2D eigenvalue weighted by molar-refractivity contribution is 5.69. The van der Waals surface area contributed by atoms with E-state index in [2.05, 4.69) is 5.32 Å². The van der Waals surface area contributed by atoms with Crippen molar-refractivity contribution in [2.45, 2.75) is 77.9 Å². The minimum atomic E-state index is -0.505. The van der Waals surface area contributed by atoms with Crippen molar-refractivity contribution in [3.8, 4) is 0 Å². The molecule has 6 nitrogen and oxygen atoms in total. The summed E-state index contributed by atoms with van der Waals surface area (Å²) in [7, 11) is 0. The molecule has 6 heteroatoms. The molecule has 1 aliphatic rings. The van der Waals surface area contributed by atoms with Gasteiger partial charge in [0, 0.05) is 12.5 Å². The smallest absolute Gasteiger partial charge is 0.407 e. The molecule has 1 saturated carbocycles. The van der Waals surface area contributed by atoms with E-state index in [1.807, 2.05) is 27.7 Å². The first-order chi connectivity index (χ1) is 11.2. The molecule has 0 aromatic heterocycles. The van der Waals surface area contributed by atoms with E-state index in [0.717, 1.165) is 32.1 Å². The van der Waals surface area contributed by atoms with Gasteiger partial charge in [-0.15, -0.1) is 0 Å². The molecule has 0 radical (unpaired) electrons. The van der Waals surface area contributed by atoms with Crippen LogP contribution in [0.2, 0.25) is 0 Å². The normalized spacial score (nSPS) is 22.5. The standard InChI is InChI=1S/C18H34N2O4/c1-5-23-16(21)12-13-6-8-14(9-7-13)15(10-11-19)20-17(22)24-18(2,3)4/h13-15H,5-12,19H2,1-4H3,(H,20,22). The lowest BCUT2D eigenvalue weighted by Gasteiger charge is -2.34. The van der Waals surface area contributed by atoms with Gasteiger partial charge in [0.05, 0.1) is 6.61 Å². The summed E-state index contributed by atoms with van der Waals surface area (Å²) >= 11 is 0. The first-order valence-electron chi connectivity index (χ1n) is 9.10. The number of esters is 1. The number of nitrogens with one attached hydrogen (secondary N) is 1. The maximum Gasteiger partial charge on any atom is 0.407 e. The summed E-state index contributed by atoms with van der Waals surface area (Å²) in [5.41, 5.74) is 5.21. The minimum Gasteiger partial charge on any atom is -0.466 e. The van der Waals surface area contributed by atoms with Gasteiger partial charge in [-0.05, 0) is 78.2 Å². The molecule has 0 aliphatic heterocycles. The Morgan fingerprint density at radius 2 is 1.83 bits per heavy atom. The van der Waals surface area contributed by atoms with E-state index >= 15 is 0 Å². The zero-order valence-corrected chi connectivity index (χ0v) is 15.6. The molecule has 1 amide bonds. The Balaban J connectivity index is 2.47. The fraction of sp³-hybridized carbons (Fsp3) is 0.889. The lowest BCUT2D eigenvalue weighted by atomic mass is 9.76. The molecule has 1 unspecified atom stereocenters. The van der Waals surface area contributed by atoms with Crippen molar-refractivity contribution in [2.24, 2.45) is 17.6 Å². The number of amides is 1. The Morgan fingerprint density at radius 1 is 1.21 bits per heavy atom. The minimum absolute atomic E-state index is 0.0355. The molecule has 0 heterocycles. The van der Waals surface area contributed by atoms with Crippen molar-refractivity contribution in [1.29, 1.82) is 0 Å². The zero-order valence-electron chi connectivity index (χ0n) is 15.6. The van der Waals surface area contributed by atoms with Crippen LogP contribution in [0.15, 0.2) is 0 Å². The Labute approximate surface area is 145 Å². The van der Waals surface area contributed by atoms with Crippen molar-refractivity contribution < 1.29 is 19.1 Å². The molecule has 0 bridgehead atoms. The predicted molar refractivity (Wildman–Crippen MR) is 93.5 cm³/mol. The third kappa shape index (κ3) is 7.99. The van der Waals surface area contributed by atoms with E-state index in [0.29, 0.717) is 31.4 Å². The molecule has 0 saturated heterocycles. The van der Waals surface area contributed by atoms with Crippen LogP contribution in [0.1, 0.15) is 66.2 Å². The highest BCUT2D eigenvalue weighted by Gasteiger charge is 2.30. The predicted octanol–water partition coefficient (Wildman–Crippen LogP) is 2.99. The second-order valence-electron chi connectivity index (χ2n) is 7.62. The van der Waals surface area contributed by atoms with Crippen molar-refractivity contribution in [1.82, 2.24) is 5.32 Å². The Bertz CT molecular complexity index is 398. The van der Waals surface area contributed by atoms with E-state index in [4.69, 9.17) is 15.2 Å². The summed E-state index contributed by atoms with van der Waals surface area (Å²) in [6.07, 6.45) is 4.82. The second-order valence-corrected chi connectivity index (χ2v) is 7.62. The van der Waals surface area contributed by atoms with Gasteiger partial charge in [-0.25, -0.2) is 4.79 Å². The summed E-state index contributed by atoms with van der Waals surface area (Å²) in [6.45, 7) is 8.35. The van der Waals surface area contributed by atoms with Gasteiger partial charge >= 0.3 is 12.1 Å². The van der Waals surface area contributed by atoms with Crippen molar-refractivity contribution in [2.75, 3.05) is 13.2 Å². The monoisotopic (exact) mass is 342 g/mol. The molecule has 0 aromatic carbocycles. The Hall–Kier alpha value is -1.30. The SMILES string of the molecule is CCOC(=O)CC1CCC(C(CCN)NC(=O)OC(C)(C)C)CC1. The summed E-state index contributed by atoms with van der Waals surface area (Å²) in [6, 6.07) is 0.0355. The first kappa shape index (κ1) is 20.7. The fourth-order valence-corrected chi connectivity index (χ4v) is 3.31. The van der Waals surface area contributed by atoms with Gasteiger partial charge in [-0.2, -0.15) is 0 Å². The average Bonchev–Trinajstić information content (AvgIpc) is 2.46.